The van der Waals surface area contributed by atoms with Gasteiger partial charge in [-0.25, -0.2) is 8.42 Å². The Bertz CT molecular complexity index is 811. The maximum atomic E-state index is 12.8. The number of carbonyl (C=O) groups excluding carboxylic acids is 1. The first-order valence-electron chi connectivity index (χ1n) is 10.3. The molecule has 3 rings (SSSR count). The number of halogens is 3. The van der Waals surface area contributed by atoms with Crippen LogP contribution in [0.25, 0.3) is 0 Å². The zero-order chi connectivity index (χ0) is 21.1. The summed E-state index contributed by atoms with van der Waals surface area (Å²) in [6.07, 6.45) is 3.22. The molecule has 0 aliphatic heterocycles. The van der Waals surface area contributed by atoms with E-state index in [4.69, 9.17) is 0 Å². The maximum Gasteiger partial charge on any atom is 0.416 e. The third-order valence-electron chi connectivity index (χ3n) is 6.04. The van der Waals surface area contributed by atoms with Crippen LogP contribution < -0.4 is 5.32 Å². The molecule has 8 heteroatoms. The van der Waals surface area contributed by atoms with Gasteiger partial charge in [0.2, 0.25) is 0 Å². The molecule has 4 nitrogen and oxygen atoms in total. The molecule has 0 spiro atoms. The average molecular weight is 432 g/mol. The van der Waals surface area contributed by atoms with E-state index in [-0.39, 0.29) is 28.4 Å². The summed E-state index contributed by atoms with van der Waals surface area (Å²) in [7, 11) is -3.77. The molecule has 1 N–H and O–H groups in total. The van der Waals surface area contributed by atoms with Crippen molar-refractivity contribution in [2.24, 2.45) is 11.8 Å². The third-order valence-corrected chi connectivity index (χ3v) is 7.92. The van der Waals surface area contributed by atoms with Gasteiger partial charge < -0.3 is 5.32 Å². The van der Waals surface area contributed by atoms with Crippen molar-refractivity contribution in [3.05, 3.63) is 29.8 Å². The number of Topliss-reactive ketones (excluding diaryl/α,β-unsaturated/α-hetero) is 1. The summed E-state index contributed by atoms with van der Waals surface area (Å²) in [4.78, 5) is 11.8. The van der Waals surface area contributed by atoms with E-state index in [9.17, 15) is 26.4 Å². The van der Waals surface area contributed by atoms with Gasteiger partial charge in [-0.15, -0.1) is 0 Å². The molecule has 0 radical (unpaired) electrons. The van der Waals surface area contributed by atoms with Crippen LogP contribution in [-0.4, -0.2) is 32.5 Å². The molecule has 29 heavy (non-hydrogen) atoms. The molecule has 0 saturated heterocycles. The number of sulfone groups is 1. The van der Waals surface area contributed by atoms with Crippen molar-refractivity contribution in [1.82, 2.24) is 5.32 Å². The largest absolute Gasteiger partial charge is 0.416 e. The predicted molar refractivity (Wildman–Crippen MR) is 104 cm³/mol. The lowest BCUT2D eigenvalue weighted by molar-refractivity contribution is -0.137. The number of benzene rings is 1. The molecule has 0 unspecified atom stereocenters. The fourth-order valence-corrected chi connectivity index (χ4v) is 6.03. The zero-order valence-corrected chi connectivity index (χ0v) is 17.2. The second-order valence-corrected chi connectivity index (χ2v) is 10.5. The molecular formula is C21H28F3NO3S. The number of hydrogen-bond acceptors (Lipinski definition) is 4. The normalized spacial score (nSPS) is 23.6. The van der Waals surface area contributed by atoms with Crippen molar-refractivity contribution in [3.63, 3.8) is 0 Å². The fourth-order valence-electron chi connectivity index (χ4n) is 4.35. The summed E-state index contributed by atoms with van der Waals surface area (Å²) in [5.74, 6) is 0.449. The van der Waals surface area contributed by atoms with E-state index in [0.717, 1.165) is 25.0 Å². The number of rotatable bonds is 8. The standard InChI is InChI=1S/C21H28F3NO3S/c22-21(23,24)17-7-4-8-20(12-17)29(27,28)14-16-9-18(10-16)25-13-19(26)11-15-5-2-1-3-6-15/h4,7-8,12,15-16,18,25H,1-3,5-6,9-11,13-14H2. The topological polar surface area (TPSA) is 63.2 Å². The van der Waals surface area contributed by atoms with Crippen LogP contribution in [0.15, 0.2) is 29.2 Å². The van der Waals surface area contributed by atoms with E-state index in [0.29, 0.717) is 37.8 Å². The first kappa shape index (κ1) is 22.3. The molecule has 0 atom stereocenters. The minimum atomic E-state index is -4.57. The summed E-state index contributed by atoms with van der Waals surface area (Å²) >= 11 is 0. The summed E-state index contributed by atoms with van der Waals surface area (Å²) in [6.45, 7) is 0.314. The van der Waals surface area contributed by atoms with Gasteiger partial charge in [-0.05, 0) is 42.9 Å². The molecule has 1 aromatic carbocycles. The van der Waals surface area contributed by atoms with E-state index in [1.165, 1.54) is 25.3 Å². The van der Waals surface area contributed by atoms with Gasteiger partial charge >= 0.3 is 6.18 Å². The lowest BCUT2D eigenvalue weighted by Crippen LogP contribution is -2.45. The van der Waals surface area contributed by atoms with E-state index < -0.39 is 21.6 Å². The van der Waals surface area contributed by atoms with Crippen LogP contribution in [0.2, 0.25) is 0 Å². The summed E-state index contributed by atoms with van der Waals surface area (Å²) in [6, 6.07) is 4.01. The fraction of sp³-hybridized carbons (Fsp3) is 0.667. The van der Waals surface area contributed by atoms with Crippen LogP contribution >= 0.6 is 0 Å². The highest BCUT2D eigenvalue weighted by Crippen LogP contribution is 2.33. The Morgan fingerprint density at radius 2 is 1.76 bits per heavy atom. The minimum Gasteiger partial charge on any atom is -0.307 e. The van der Waals surface area contributed by atoms with Gasteiger partial charge in [-0.1, -0.05) is 38.2 Å². The lowest BCUT2D eigenvalue weighted by Gasteiger charge is -2.35. The van der Waals surface area contributed by atoms with E-state index in [1.54, 1.807) is 0 Å². The molecule has 2 fully saturated rings. The number of nitrogens with one attached hydrogen (secondary N) is 1. The molecule has 2 aliphatic carbocycles. The first-order chi connectivity index (χ1) is 13.6. The van der Waals surface area contributed by atoms with Crippen molar-refractivity contribution in [3.8, 4) is 0 Å². The number of carbonyl (C=O) groups is 1. The molecule has 1 aromatic rings. The number of alkyl halides is 3. The van der Waals surface area contributed by atoms with Crippen LogP contribution in [0.4, 0.5) is 13.2 Å². The van der Waals surface area contributed by atoms with Gasteiger partial charge in [0, 0.05) is 12.5 Å². The summed E-state index contributed by atoms with van der Waals surface area (Å²) < 4.78 is 63.4. The molecule has 2 saturated carbocycles. The van der Waals surface area contributed by atoms with Crippen molar-refractivity contribution in [2.45, 2.75) is 68.5 Å². The number of ketones is 1. The van der Waals surface area contributed by atoms with Crippen LogP contribution in [0.3, 0.4) is 0 Å². The Labute approximate surface area is 170 Å². The second-order valence-electron chi connectivity index (χ2n) is 8.47. The highest BCUT2D eigenvalue weighted by Gasteiger charge is 2.35. The first-order valence-corrected chi connectivity index (χ1v) is 11.9. The van der Waals surface area contributed by atoms with Gasteiger partial charge in [0.25, 0.3) is 0 Å². The smallest absolute Gasteiger partial charge is 0.307 e. The van der Waals surface area contributed by atoms with Crippen LogP contribution in [-0.2, 0) is 20.8 Å². The van der Waals surface area contributed by atoms with Crippen molar-refractivity contribution < 1.29 is 26.4 Å². The van der Waals surface area contributed by atoms with Crippen LogP contribution in [0.1, 0.15) is 56.9 Å². The highest BCUT2D eigenvalue weighted by atomic mass is 32.2. The van der Waals surface area contributed by atoms with Crippen molar-refractivity contribution >= 4 is 15.6 Å². The van der Waals surface area contributed by atoms with Gasteiger partial charge in [-0.2, -0.15) is 13.2 Å². The predicted octanol–water partition coefficient (Wildman–Crippen LogP) is 4.39. The Hall–Kier alpha value is -1.41. The molecule has 162 valence electrons. The van der Waals surface area contributed by atoms with Crippen LogP contribution in [0.5, 0.6) is 0 Å². The molecule has 0 aromatic heterocycles. The molecule has 0 amide bonds. The molecule has 2 aliphatic rings. The Morgan fingerprint density at radius 1 is 1.07 bits per heavy atom. The van der Waals surface area contributed by atoms with Gasteiger partial charge in [0.1, 0.15) is 5.78 Å². The van der Waals surface area contributed by atoms with E-state index in [1.807, 2.05) is 0 Å². The van der Waals surface area contributed by atoms with Gasteiger partial charge in [0.05, 0.1) is 22.8 Å². The Kier molecular flexibility index (Phi) is 7.04. The molecule has 0 bridgehead atoms. The Morgan fingerprint density at radius 3 is 2.41 bits per heavy atom. The SMILES string of the molecule is O=C(CNC1CC(CS(=O)(=O)c2cccc(C(F)(F)F)c2)C1)CC1CCCCC1. The monoisotopic (exact) mass is 431 g/mol. The molecular weight excluding hydrogens is 403 g/mol. The highest BCUT2D eigenvalue weighted by molar-refractivity contribution is 7.91. The van der Waals surface area contributed by atoms with E-state index >= 15 is 0 Å². The second kappa shape index (κ2) is 9.16. The van der Waals surface area contributed by atoms with E-state index in [2.05, 4.69) is 5.32 Å². The average Bonchev–Trinajstić information content (AvgIpc) is 2.63. The van der Waals surface area contributed by atoms with Gasteiger partial charge in [0.15, 0.2) is 9.84 Å². The van der Waals surface area contributed by atoms with Gasteiger partial charge in [-0.3, -0.25) is 4.79 Å². The quantitative estimate of drug-likeness (QED) is 0.663. The summed E-state index contributed by atoms with van der Waals surface area (Å²) in [5, 5.41) is 3.20. The number of hydrogen-bond donors (Lipinski definition) is 1. The zero-order valence-electron chi connectivity index (χ0n) is 16.4. The van der Waals surface area contributed by atoms with Crippen molar-refractivity contribution in [2.75, 3.05) is 12.3 Å². The summed E-state index contributed by atoms with van der Waals surface area (Å²) in [5.41, 5.74) is -0.955. The third kappa shape index (κ3) is 6.28. The van der Waals surface area contributed by atoms with Crippen molar-refractivity contribution in [1.29, 1.82) is 0 Å². The van der Waals surface area contributed by atoms with Crippen LogP contribution in [0, 0.1) is 11.8 Å². The Balaban J connectivity index is 1.42. The lowest BCUT2D eigenvalue weighted by atomic mass is 9.81. The minimum absolute atomic E-state index is 0.0968. The molecule has 0 heterocycles. The maximum absolute atomic E-state index is 12.8.